The van der Waals surface area contributed by atoms with Crippen LogP contribution in [0.1, 0.15) is 6.92 Å². The molecule has 106 valence electrons. The molecule has 1 N–H and O–H groups in total. The molecule has 10 heteroatoms. The summed E-state index contributed by atoms with van der Waals surface area (Å²) in [6.07, 6.45) is -0.694. The third kappa shape index (κ3) is 7.60. The highest BCUT2D eigenvalue weighted by atomic mass is 32.5. The van der Waals surface area contributed by atoms with Gasteiger partial charge in [0.25, 0.3) is 0 Å². The molecule has 0 aliphatic rings. The summed E-state index contributed by atoms with van der Waals surface area (Å²) in [6.45, 7) is 3.62. The summed E-state index contributed by atoms with van der Waals surface area (Å²) in [5.41, 5.74) is 0. The topological polar surface area (TPSA) is 63.2 Å². The van der Waals surface area contributed by atoms with E-state index in [4.69, 9.17) is 16.3 Å². The second kappa shape index (κ2) is 9.17. The molecule has 1 unspecified atom stereocenters. The highest BCUT2D eigenvalue weighted by molar-refractivity contribution is 8.17. The number of carbonyl (C=O) groups excluding carboxylic acids is 1. The molecule has 0 spiro atoms. The van der Waals surface area contributed by atoms with E-state index in [2.05, 4.69) is 15.3 Å². The van der Waals surface area contributed by atoms with E-state index in [-0.39, 0.29) is 0 Å². The first-order valence-corrected chi connectivity index (χ1v) is 10.2. The Morgan fingerprint density at radius 1 is 1.61 bits per heavy atom. The van der Waals surface area contributed by atoms with Gasteiger partial charge >= 0.3 is 6.09 Å². The van der Waals surface area contributed by atoms with Crippen molar-refractivity contribution in [3.05, 3.63) is 0 Å². The molecule has 0 aliphatic carbocycles. The number of oxime groups is 1. The second-order valence-electron chi connectivity index (χ2n) is 3.09. The van der Waals surface area contributed by atoms with Crippen LogP contribution < -0.4 is 5.32 Å². The van der Waals surface area contributed by atoms with Crippen LogP contribution in [-0.2, 0) is 21.2 Å². The summed E-state index contributed by atoms with van der Waals surface area (Å²) in [4.78, 5) is 15.9. The van der Waals surface area contributed by atoms with Crippen LogP contribution in [-0.4, -0.2) is 48.2 Å². The van der Waals surface area contributed by atoms with Gasteiger partial charge in [0.1, 0.15) is 11.5 Å². The highest BCUT2D eigenvalue weighted by Crippen LogP contribution is 2.48. The number of amides is 1. The largest absolute Gasteiger partial charge is 0.434 e. The van der Waals surface area contributed by atoms with Gasteiger partial charge in [0.15, 0.2) is 0 Å². The van der Waals surface area contributed by atoms with E-state index in [1.54, 1.807) is 14.0 Å². The Morgan fingerprint density at radius 3 is 2.72 bits per heavy atom. The van der Waals surface area contributed by atoms with Gasteiger partial charge in [-0.1, -0.05) is 17.1 Å². The summed E-state index contributed by atoms with van der Waals surface area (Å²) in [5, 5.41) is 6.84. The molecule has 0 heterocycles. The lowest BCUT2D eigenvalue weighted by Gasteiger charge is -2.25. The smallest absolute Gasteiger partial charge is 0.341 e. The lowest BCUT2D eigenvalue weighted by Crippen LogP contribution is -2.24. The molecule has 0 rings (SSSR count). The van der Waals surface area contributed by atoms with Crippen LogP contribution in [0.2, 0.25) is 0 Å². The standard InChI is InChI=1S/C8H18N3O3PS3/c1-7(17-5)10-14-8(12)9-6-18-11(2)15(4,16)13-3/h6H2,1-5H3,(H,9,12)/b10-7+. The van der Waals surface area contributed by atoms with Gasteiger partial charge < -0.3 is 9.84 Å². The van der Waals surface area contributed by atoms with E-state index >= 15 is 0 Å². The Bertz CT molecular complexity index is 354. The maximum atomic E-state index is 11.2. The molecular weight excluding hydrogens is 313 g/mol. The van der Waals surface area contributed by atoms with Crippen molar-refractivity contribution in [1.82, 2.24) is 9.39 Å². The lowest BCUT2D eigenvalue weighted by molar-refractivity contribution is 0.153. The molecule has 0 saturated heterocycles. The number of carbonyl (C=O) groups is 1. The molecule has 0 radical (unpaired) electrons. The average Bonchev–Trinajstić information content (AvgIpc) is 2.35. The minimum atomic E-state index is -1.95. The predicted molar refractivity (Wildman–Crippen MR) is 83.7 cm³/mol. The van der Waals surface area contributed by atoms with Crippen molar-refractivity contribution in [3.8, 4) is 0 Å². The Kier molecular flexibility index (Phi) is 9.27. The molecule has 0 aromatic heterocycles. The third-order valence-corrected chi connectivity index (χ3v) is 7.66. The maximum Gasteiger partial charge on any atom is 0.434 e. The van der Waals surface area contributed by atoms with E-state index in [1.165, 1.54) is 23.7 Å². The van der Waals surface area contributed by atoms with E-state index in [0.717, 1.165) is 0 Å². The highest BCUT2D eigenvalue weighted by Gasteiger charge is 2.16. The first-order valence-electron chi connectivity index (χ1n) is 4.87. The number of rotatable bonds is 6. The normalized spacial score (nSPS) is 15.3. The van der Waals surface area contributed by atoms with Crippen LogP contribution >= 0.6 is 30.1 Å². The van der Waals surface area contributed by atoms with Gasteiger partial charge in [-0.3, -0.25) is 4.84 Å². The van der Waals surface area contributed by atoms with Crippen molar-refractivity contribution in [2.45, 2.75) is 6.92 Å². The fourth-order valence-electron chi connectivity index (χ4n) is 0.580. The zero-order valence-corrected chi connectivity index (χ0v) is 14.3. The third-order valence-electron chi connectivity index (χ3n) is 1.87. The second-order valence-corrected chi connectivity index (χ2v) is 10.1. The quantitative estimate of drug-likeness (QED) is 0.153. The summed E-state index contributed by atoms with van der Waals surface area (Å²) >= 11 is 8.04. The van der Waals surface area contributed by atoms with Gasteiger partial charge in [0.05, 0.1) is 5.88 Å². The zero-order valence-electron chi connectivity index (χ0n) is 11.0. The molecule has 0 aromatic carbocycles. The van der Waals surface area contributed by atoms with Gasteiger partial charge in [-0.2, -0.15) is 0 Å². The number of hydrogen-bond donors (Lipinski definition) is 1. The van der Waals surface area contributed by atoms with Crippen molar-refractivity contribution in [2.75, 3.05) is 33.0 Å². The summed E-state index contributed by atoms with van der Waals surface area (Å²) in [5.74, 6) is 0.346. The molecule has 1 atom stereocenters. The molecule has 0 aliphatic heterocycles. The summed E-state index contributed by atoms with van der Waals surface area (Å²) < 4.78 is 7.05. The zero-order chi connectivity index (χ0) is 14.2. The first-order chi connectivity index (χ1) is 8.33. The Morgan fingerprint density at radius 2 is 2.22 bits per heavy atom. The van der Waals surface area contributed by atoms with Crippen LogP contribution in [0.4, 0.5) is 4.79 Å². The van der Waals surface area contributed by atoms with E-state index in [0.29, 0.717) is 10.9 Å². The molecule has 0 saturated carbocycles. The van der Waals surface area contributed by atoms with Gasteiger partial charge in [-0.15, -0.1) is 11.8 Å². The van der Waals surface area contributed by atoms with Gasteiger partial charge in [0.2, 0.25) is 0 Å². The van der Waals surface area contributed by atoms with E-state index in [9.17, 15) is 4.79 Å². The SMILES string of the molecule is COP(C)(=S)N(C)SCNC(=O)O/N=C(\C)SC. The van der Waals surface area contributed by atoms with Crippen LogP contribution in [0, 0.1) is 0 Å². The molecular formula is C8H18N3O3PS3. The molecule has 0 aromatic rings. The number of nitrogens with zero attached hydrogens (tertiary/aromatic N) is 2. The van der Waals surface area contributed by atoms with Gasteiger partial charge in [-0.25, -0.2) is 8.87 Å². The number of hydrogen-bond acceptors (Lipinski definition) is 7. The van der Waals surface area contributed by atoms with Crippen molar-refractivity contribution >= 4 is 53.1 Å². The molecule has 0 fully saturated rings. The fraction of sp³-hybridized carbons (Fsp3) is 0.750. The van der Waals surface area contributed by atoms with Crippen LogP contribution in [0.25, 0.3) is 0 Å². The van der Waals surface area contributed by atoms with Gasteiger partial charge in [0, 0.05) is 20.8 Å². The molecule has 18 heavy (non-hydrogen) atoms. The molecule has 1 amide bonds. The number of nitrogens with one attached hydrogen (secondary N) is 1. The predicted octanol–water partition coefficient (Wildman–Crippen LogP) is 2.53. The Labute approximate surface area is 121 Å². The minimum absolute atomic E-state index is 0.346. The first kappa shape index (κ1) is 18.2. The van der Waals surface area contributed by atoms with Crippen LogP contribution in [0.3, 0.4) is 0 Å². The van der Waals surface area contributed by atoms with E-state index < -0.39 is 12.5 Å². The van der Waals surface area contributed by atoms with Gasteiger partial charge in [-0.05, 0) is 25.0 Å². The van der Waals surface area contributed by atoms with E-state index in [1.807, 2.05) is 24.0 Å². The average molecular weight is 331 g/mol. The number of thioether (sulfide) groups is 1. The Hall–Kier alpha value is 0.210. The van der Waals surface area contributed by atoms with Crippen LogP contribution in [0.15, 0.2) is 5.16 Å². The summed E-state index contributed by atoms with van der Waals surface area (Å²) in [6, 6.07) is 0. The monoisotopic (exact) mass is 331 g/mol. The maximum absolute atomic E-state index is 11.2. The Balaban J connectivity index is 3.92. The van der Waals surface area contributed by atoms with Crippen molar-refractivity contribution in [2.24, 2.45) is 5.16 Å². The van der Waals surface area contributed by atoms with Crippen molar-refractivity contribution < 1.29 is 14.2 Å². The van der Waals surface area contributed by atoms with Crippen LogP contribution in [0.5, 0.6) is 0 Å². The lowest BCUT2D eigenvalue weighted by atomic mass is 10.9. The minimum Gasteiger partial charge on any atom is -0.341 e. The van der Waals surface area contributed by atoms with Crippen molar-refractivity contribution in [1.29, 1.82) is 0 Å². The van der Waals surface area contributed by atoms with Crippen molar-refractivity contribution in [3.63, 3.8) is 0 Å². The summed E-state index contributed by atoms with van der Waals surface area (Å²) in [7, 11) is 3.41. The fourth-order valence-corrected chi connectivity index (χ4v) is 2.93. The molecule has 0 bridgehead atoms. The molecule has 6 nitrogen and oxygen atoms in total.